The molecule has 5 nitrogen and oxygen atoms in total. The summed E-state index contributed by atoms with van der Waals surface area (Å²) in [7, 11) is 1.80. The monoisotopic (exact) mass is 288 g/mol. The van der Waals surface area contributed by atoms with Crippen LogP contribution >= 0.6 is 11.8 Å². The van der Waals surface area contributed by atoms with Gasteiger partial charge in [-0.25, -0.2) is 4.79 Å². The lowest BCUT2D eigenvalue weighted by molar-refractivity contribution is -0.141. The number of carbonyl (C=O) groups is 2. The van der Waals surface area contributed by atoms with E-state index in [2.05, 4.69) is 11.6 Å². The first kappa shape index (κ1) is 16.1. The van der Waals surface area contributed by atoms with Crippen molar-refractivity contribution in [3.8, 4) is 0 Å². The minimum atomic E-state index is -0.751. The lowest BCUT2D eigenvalue weighted by atomic mass is 10.1. The normalized spacial score (nSPS) is 23.9. The van der Waals surface area contributed by atoms with E-state index in [1.807, 2.05) is 6.92 Å². The van der Waals surface area contributed by atoms with Gasteiger partial charge < -0.3 is 15.3 Å². The Kier molecular flexibility index (Phi) is 6.48. The van der Waals surface area contributed by atoms with Crippen molar-refractivity contribution in [2.75, 3.05) is 19.1 Å². The van der Waals surface area contributed by atoms with Crippen LogP contribution in [0.1, 0.15) is 32.6 Å². The van der Waals surface area contributed by atoms with Gasteiger partial charge in [0.1, 0.15) is 0 Å². The lowest BCUT2D eigenvalue weighted by Crippen LogP contribution is -2.46. The summed E-state index contributed by atoms with van der Waals surface area (Å²) in [6.07, 6.45) is 4.99. The van der Waals surface area contributed by atoms with Crippen LogP contribution in [0.3, 0.4) is 0 Å². The van der Waals surface area contributed by atoms with Crippen LogP contribution < -0.4 is 5.32 Å². The van der Waals surface area contributed by atoms with Gasteiger partial charge in [0.2, 0.25) is 0 Å². The topological polar surface area (TPSA) is 69.6 Å². The molecule has 0 heterocycles. The standard InChI is InChI=1S/C13H24N2O3S/c1-9(6-7-19-3)15(2)13(18)14-11-5-4-10(8-11)12(16)17/h9-11H,4-8H2,1-3H3,(H,14,18)(H,16,17). The van der Waals surface area contributed by atoms with E-state index in [1.54, 1.807) is 23.7 Å². The van der Waals surface area contributed by atoms with Gasteiger partial charge in [0.15, 0.2) is 0 Å². The van der Waals surface area contributed by atoms with E-state index >= 15 is 0 Å². The molecule has 0 radical (unpaired) electrons. The zero-order valence-electron chi connectivity index (χ0n) is 11.9. The molecule has 0 aromatic heterocycles. The van der Waals surface area contributed by atoms with Crippen molar-refractivity contribution in [3.05, 3.63) is 0 Å². The molecular weight excluding hydrogens is 264 g/mol. The SMILES string of the molecule is CSCCC(C)N(C)C(=O)NC1CCC(C(=O)O)C1. The van der Waals surface area contributed by atoms with Gasteiger partial charge in [-0.1, -0.05) is 0 Å². The van der Waals surface area contributed by atoms with Gasteiger partial charge in [-0.2, -0.15) is 11.8 Å². The highest BCUT2D eigenvalue weighted by Crippen LogP contribution is 2.25. The Labute approximate surface area is 119 Å². The molecule has 19 heavy (non-hydrogen) atoms. The van der Waals surface area contributed by atoms with Crippen molar-refractivity contribution in [1.82, 2.24) is 10.2 Å². The average Bonchev–Trinajstić information content (AvgIpc) is 2.83. The van der Waals surface area contributed by atoms with Crippen molar-refractivity contribution in [1.29, 1.82) is 0 Å². The van der Waals surface area contributed by atoms with Crippen molar-refractivity contribution < 1.29 is 14.7 Å². The number of carboxylic acids is 1. The number of nitrogens with one attached hydrogen (secondary N) is 1. The van der Waals surface area contributed by atoms with E-state index in [9.17, 15) is 9.59 Å². The maximum Gasteiger partial charge on any atom is 0.317 e. The van der Waals surface area contributed by atoms with Crippen LogP contribution in [0.4, 0.5) is 4.79 Å². The highest BCUT2D eigenvalue weighted by Gasteiger charge is 2.31. The minimum Gasteiger partial charge on any atom is -0.481 e. The molecule has 6 heteroatoms. The van der Waals surface area contributed by atoms with Crippen molar-refractivity contribution >= 4 is 23.8 Å². The van der Waals surface area contributed by atoms with Crippen LogP contribution in [0.5, 0.6) is 0 Å². The van der Waals surface area contributed by atoms with Crippen LogP contribution in [0, 0.1) is 5.92 Å². The number of carboxylic acid groups (broad SMARTS) is 1. The van der Waals surface area contributed by atoms with Crippen molar-refractivity contribution in [2.24, 2.45) is 5.92 Å². The molecule has 0 aliphatic heterocycles. The van der Waals surface area contributed by atoms with E-state index in [0.717, 1.165) is 18.6 Å². The van der Waals surface area contributed by atoms with Gasteiger partial charge in [0.05, 0.1) is 5.92 Å². The highest BCUT2D eigenvalue weighted by molar-refractivity contribution is 7.98. The van der Waals surface area contributed by atoms with Gasteiger partial charge in [0, 0.05) is 19.1 Å². The Morgan fingerprint density at radius 1 is 1.47 bits per heavy atom. The van der Waals surface area contributed by atoms with E-state index in [-0.39, 0.29) is 24.0 Å². The minimum absolute atomic E-state index is 0.00352. The summed E-state index contributed by atoms with van der Waals surface area (Å²) in [5.41, 5.74) is 0. The molecule has 1 fully saturated rings. The molecule has 1 rings (SSSR count). The Hall–Kier alpha value is -0.910. The number of hydrogen-bond donors (Lipinski definition) is 2. The maximum atomic E-state index is 12.0. The van der Waals surface area contributed by atoms with Crippen LogP contribution in [0.25, 0.3) is 0 Å². The number of urea groups is 1. The number of carbonyl (C=O) groups excluding carboxylic acids is 1. The molecule has 1 aliphatic rings. The second-order valence-corrected chi connectivity index (χ2v) is 6.22. The van der Waals surface area contributed by atoms with E-state index in [0.29, 0.717) is 12.8 Å². The Morgan fingerprint density at radius 3 is 2.68 bits per heavy atom. The molecule has 0 bridgehead atoms. The summed E-state index contributed by atoms with van der Waals surface area (Å²) >= 11 is 1.77. The molecule has 3 unspecified atom stereocenters. The third-order valence-electron chi connectivity index (χ3n) is 3.83. The molecule has 2 amide bonds. The van der Waals surface area contributed by atoms with Crippen LogP contribution in [-0.4, -0.2) is 53.1 Å². The smallest absolute Gasteiger partial charge is 0.317 e. The first-order valence-electron chi connectivity index (χ1n) is 6.70. The van der Waals surface area contributed by atoms with Gasteiger partial charge in [-0.15, -0.1) is 0 Å². The molecule has 0 aromatic carbocycles. The molecule has 0 spiro atoms. The maximum absolute atomic E-state index is 12.0. The molecule has 3 atom stereocenters. The van der Waals surface area contributed by atoms with Gasteiger partial charge in [0.25, 0.3) is 0 Å². The second-order valence-electron chi connectivity index (χ2n) is 5.24. The van der Waals surface area contributed by atoms with Crippen molar-refractivity contribution in [2.45, 2.75) is 44.7 Å². The molecule has 2 N–H and O–H groups in total. The third-order valence-corrected chi connectivity index (χ3v) is 4.47. The molecule has 1 aliphatic carbocycles. The number of aliphatic carboxylic acids is 1. The van der Waals surface area contributed by atoms with Gasteiger partial charge >= 0.3 is 12.0 Å². The van der Waals surface area contributed by atoms with E-state index in [1.165, 1.54) is 0 Å². The number of amides is 2. The van der Waals surface area contributed by atoms with Crippen LogP contribution in [0.15, 0.2) is 0 Å². The Bertz CT molecular complexity index is 325. The lowest BCUT2D eigenvalue weighted by Gasteiger charge is -2.26. The van der Waals surface area contributed by atoms with Crippen molar-refractivity contribution in [3.63, 3.8) is 0 Å². The first-order chi connectivity index (χ1) is 8.95. The van der Waals surface area contributed by atoms with E-state index < -0.39 is 5.97 Å². The van der Waals surface area contributed by atoms with Crippen LogP contribution in [0.2, 0.25) is 0 Å². The Balaban J connectivity index is 2.36. The first-order valence-corrected chi connectivity index (χ1v) is 8.10. The molecule has 1 saturated carbocycles. The fourth-order valence-corrected chi connectivity index (χ4v) is 2.87. The highest BCUT2D eigenvalue weighted by atomic mass is 32.2. The predicted molar refractivity (Wildman–Crippen MR) is 77.5 cm³/mol. The number of hydrogen-bond acceptors (Lipinski definition) is 3. The summed E-state index contributed by atoms with van der Waals surface area (Å²) in [4.78, 5) is 24.6. The quantitative estimate of drug-likeness (QED) is 0.784. The summed E-state index contributed by atoms with van der Waals surface area (Å²) in [5, 5.41) is 11.9. The fraction of sp³-hybridized carbons (Fsp3) is 0.846. The average molecular weight is 288 g/mol. The Morgan fingerprint density at radius 2 is 2.16 bits per heavy atom. The van der Waals surface area contributed by atoms with Gasteiger partial charge in [-0.3, -0.25) is 4.79 Å². The molecule has 0 saturated heterocycles. The predicted octanol–water partition coefficient (Wildman–Crippen LogP) is 2.02. The summed E-state index contributed by atoms with van der Waals surface area (Å²) in [5.74, 6) is -0.0218. The molecule has 110 valence electrons. The largest absolute Gasteiger partial charge is 0.481 e. The number of thioether (sulfide) groups is 1. The zero-order valence-corrected chi connectivity index (χ0v) is 12.7. The third kappa shape index (κ3) is 4.93. The number of rotatable bonds is 6. The summed E-state index contributed by atoms with van der Waals surface area (Å²) < 4.78 is 0. The number of nitrogens with zero attached hydrogens (tertiary/aromatic N) is 1. The second kappa shape index (κ2) is 7.62. The fourth-order valence-electron chi connectivity index (χ4n) is 2.30. The molecule has 0 aromatic rings. The summed E-state index contributed by atoms with van der Waals surface area (Å²) in [6.45, 7) is 2.03. The van der Waals surface area contributed by atoms with Gasteiger partial charge in [-0.05, 0) is 44.6 Å². The molecular formula is C13H24N2O3S. The summed E-state index contributed by atoms with van der Waals surface area (Å²) in [6, 6.07) is 0.109. The van der Waals surface area contributed by atoms with Crippen LogP contribution in [-0.2, 0) is 4.79 Å². The zero-order chi connectivity index (χ0) is 14.4. The van der Waals surface area contributed by atoms with E-state index in [4.69, 9.17) is 5.11 Å².